The van der Waals surface area contributed by atoms with Gasteiger partial charge in [0.1, 0.15) is 11.5 Å². The van der Waals surface area contributed by atoms with Gasteiger partial charge in [0.15, 0.2) is 5.82 Å². The van der Waals surface area contributed by atoms with Crippen molar-refractivity contribution >= 4 is 46.5 Å². The van der Waals surface area contributed by atoms with Crippen molar-refractivity contribution in [1.82, 2.24) is 19.7 Å². The van der Waals surface area contributed by atoms with Gasteiger partial charge in [-0.2, -0.15) is 10.1 Å². The molecule has 2 amide bonds. The number of rotatable bonds is 7. The third-order valence-electron chi connectivity index (χ3n) is 4.50. The van der Waals surface area contributed by atoms with Crippen molar-refractivity contribution in [3.8, 4) is 0 Å². The Bertz CT molecular complexity index is 1340. The van der Waals surface area contributed by atoms with Crippen molar-refractivity contribution in [3.05, 3.63) is 78.5 Å². The Morgan fingerprint density at radius 2 is 1.76 bits per heavy atom. The van der Waals surface area contributed by atoms with Gasteiger partial charge < -0.3 is 21.1 Å². The number of nitrogens with one attached hydrogen (secondary N) is 4. The number of amides is 2. The molecule has 0 atom stereocenters. The van der Waals surface area contributed by atoms with Crippen LogP contribution in [-0.4, -0.2) is 36.9 Å². The third-order valence-corrected chi connectivity index (χ3v) is 4.50. The first-order valence-corrected chi connectivity index (χ1v) is 9.93. The molecule has 2 aromatic carbocycles. The highest BCUT2D eigenvalue weighted by Gasteiger charge is 2.15. The number of hydrogen-bond acceptors (Lipinski definition) is 7. The molecule has 4 rings (SSSR count). The fraction of sp³-hybridized carbons (Fsp3) is 0.0455. The van der Waals surface area contributed by atoms with Gasteiger partial charge in [0.2, 0.25) is 5.95 Å². The summed E-state index contributed by atoms with van der Waals surface area (Å²) in [5.74, 6) is -0.830. The van der Waals surface area contributed by atoms with Crippen LogP contribution in [0.4, 0.5) is 43.7 Å². The van der Waals surface area contributed by atoms with Crippen LogP contribution in [0.1, 0.15) is 10.4 Å². The lowest BCUT2D eigenvalue weighted by molar-refractivity contribution is 0.102. The topological polar surface area (TPSA) is 146 Å². The van der Waals surface area contributed by atoms with Gasteiger partial charge in [-0.25, -0.2) is 14.2 Å². The molecule has 2 heterocycles. The summed E-state index contributed by atoms with van der Waals surface area (Å²) in [5.41, 5.74) is 1.29. The average Bonchev–Trinajstić information content (AvgIpc) is 3.22. The molecule has 11 nitrogen and oxygen atoms in total. The molecule has 4 aromatic rings. The second-order valence-electron chi connectivity index (χ2n) is 7.05. The van der Waals surface area contributed by atoms with Crippen LogP contribution in [0.2, 0.25) is 0 Å². The van der Waals surface area contributed by atoms with Gasteiger partial charge in [-0.1, -0.05) is 18.2 Å². The van der Waals surface area contributed by atoms with Gasteiger partial charge >= 0.3 is 6.09 Å². The van der Waals surface area contributed by atoms with Crippen molar-refractivity contribution < 1.29 is 19.1 Å². The van der Waals surface area contributed by atoms with Crippen LogP contribution in [0.25, 0.3) is 0 Å². The normalized spacial score (nSPS) is 10.4. The summed E-state index contributed by atoms with van der Waals surface area (Å²) in [6.45, 7) is 0. The highest BCUT2D eigenvalue weighted by atomic mass is 19.1. The molecule has 0 saturated carbocycles. The smallest absolute Gasteiger partial charge is 0.409 e. The lowest BCUT2D eigenvalue weighted by atomic mass is 10.2. The summed E-state index contributed by atoms with van der Waals surface area (Å²) in [6.07, 6.45) is 3.36. The maximum Gasteiger partial charge on any atom is 0.409 e. The minimum Gasteiger partial charge on any atom is -0.465 e. The van der Waals surface area contributed by atoms with Crippen LogP contribution in [0, 0.1) is 5.82 Å². The SMILES string of the molecule is Cn1cc(Nc2ncc(NC(=O)c3ccccc3)c(Nc3cc(NC(=O)O)ccc3F)n2)cn1. The van der Waals surface area contributed by atoms with Crippen molar-refractivity contribution in [1.29, 1.82) is 0 Å². The van der Waals surface area contributed by atoms with E-state index in [0.717, 1.165) is 6.07 Å². The van der Waals surface area contributed by atoms with Gasteiger partial charge in [-0.05, 0) is 30.3 Å². The Hall–Kier alpha value is -5.00. The molecule has 34 heavy (non-hydrogen) atoms. The maximum absolute atomic E-state index is 14.5. The number of carbonyl (C=O) groups is 2. The van der Waals surface area contributed by atoms with Gasteiger partial charge in [-0.15, -0.1) is 0 Å². The molecule has 0 bridgehead atoms. The summed E-state index contributed by atoms with van der Waals surface area (Å²) in [7, 11) is 1.75. The molecule has 2 aromatic heterocycles. The van der Waals surface area contributed by atoms with Crippen LogP contribution in [0.5, 0.6) is 0 Å². The predicted molar refractivity (Wildman–Crippen MR) is 124 cm³/mol. The largest absolute Gasteiger partial charge is 0.465 e. The van der Waals surface area contributed by atoms with E-state index in [1.807, 2.05) is 0 Å². The van der Waals surface area contributed by atoms with Crippen molar-refractivity contribution in [3.63, 3.8) is 0 Å². The van der Waals surface area contributed by atoms with Crippen LogP contribution < -0.4 is 21.3 Å². The monoisotopic (exact) mass is 462 g/mol. The van der Waals surface area contributed by atoms with Gasteiger partial charge in [-0.3, -0.25) is 14.8 Å². The summed E-state index contributed by atoms with van der Waals surface area (Å²) in [5, 5.41) is 23.6. The fourth-order valence-corrected chi connectivity index (χ4v) is 2.98. The molecule has 0 unspecified atom stereocenters. The van der Waals surface area contributed by atoms with Crippen LogP contribution in [0.3, 0.4) is 0 Å². The summed E-state index contributed by atoms with van der Waals surface area (Å²) >= 11 is 0. The minimum absolute atomic E-state index is 0.0625. The molecule has 0 radical (unpaired) electrons. The first-order valence-electron chi connectivity index (χ1n) is 9.93. The second-order valence-corrected chi connectivity index (χ2v) is 7.05. The molecule has 0 saturated heterocycles. The predicted octanol–water partition coefficient (Wildman–Crippen LogP) is 4.18. The van der Waals surface area contributed by atoms with Gasteiger partial charge in [0, 0.05) is 24.5 Å². The summed E-state index contributed by atoms with van der Waals surface area (Å²) < 4.78 is 16.1. The maximum atomic E-state index is 14.5. The molecular weight excluding hydrogens is 443 g/mol. The van der Waals surface area contributed by atoms with Crippen LogP contribution in [-0.2, 0) is 7.05 Å². The van der Waals surface area contributed by atoms with Gasteiger partial charge in [0.25, 0.3) is 5.91 Å². The zero-order valence-corrected chi connectivity index (χ0v) is 17.8. The molecule has 0 aliphatic carbocycles. The number of carbonyl (C=O) groups excluding carboxylic acids is 1. The highest BCUT2D eigenvalue weighted by Crippen LogP contribution is 2.28. The Morgan fingerprint density at radius 1 is 0.971 bits per heavy atom. The highest BCUT2D eigenvalue weighted by molar-refractivity contribution is 6.05. The lowest BCUT2D eigenvalue weighted by Crippen LogP contribution is -2.15. The number of benzene rings is 2. The Balaban J connectivity index is 1.67. The van der Waals surface area contributed by atoms with Crippen LogP contribution in [0.15, 0.2) is 67.1 Å². The summed E-state index contributed by atoms with van der Waals surface area (Å²) in [6, 6.07) is 12.2. The molecule has 12 heteroatoms. The van der Waals surface area contributed by atoms with E-state index in [1.54, 1.807) is 54.5 Å². The van der Waals surface area contributed by atoms with Gasteiger partial charge in [0.05, 0.1) is 23.8 Å². The number of anilines is 6. The first-order chi connectivity index (χ1) is 16.4. The number of nitrogens with zero attached hydrogens (tertiary/aromatic N) is 4. The van der Waals surface area contributed by atoms with Crippen LogP contribution >= 0.6 is 0 Å². The quantitative estimate of drug-likeness (QED) is 0.275. The number of aryl methyl sites for hydroxylation is 1. The third kappa shape index (κ3) is 5.43. The van der Waals surface area contributed by atoms with E-state index in [2.05, 4.69) is 36.3 Å². The average molecular weight is 462 g/mol. The van der Waals surface area contributed by atoms with E-state index >= 15 is 0 Å². The Kier molecular flexibility index (Phi) is 6.30. The number of aromatic nitrogens is 4. The Labute approximate surface area is 192 Å². The molecule has 172 valence electrons. The van der Waals surface area contributed by atoms with E-state index in [9.17, 15) is 14.0 Å². The summed E-state index contributed by atoms with van der Waals surface area (Å²) in [4.78, 5) is 32.2. The molecule has 0 fully saturated rings. The molecular formula is C22H19FN8O3. The van der Waals surface area contributed by atoms with E-state index in [4.69, 9.17) is 5.11 Å². The minimum atomic E-state index is -1.29. The molecule has 5 N–H and O–H groups in total. The molecule has 0 aliphatic heterocycles. The van der Waals surface area contributed by atoms with E-state index < -0.39 is 17.8 Å². The fourth-order valence-electron chi connectivity index (χ4n) is 2.98. The van der Waals surface area contributed by atoms with E-state index in [0.29, 0.717) is 11.3 Å². The van der Waals surface area contributed by atoms with Crippen molar-refractivity contribution in [2.45, 2.75) is 0 Å². The first kappa shape index (κ1) is 22.2. The number of halogens is 1. The number of carboxylic acid groups (broad SMARTS) is 1. The zero-order valence-electron chi connectivity index (χ0n) is 17.8. The Morgan fingerprint density at radius 3 is 2.47 bits per heavy atom. The van der Waals surface area contributed by atoms with E-state index in [1.165, 1.54) is 18.3 Å². The second kappa shape index (κ2) is 9.65. The lowest BCUT2D eigenvalue weighted by Gasteiger charge is -2.15. The molecule has 0 aliphatic rings. The van der Waals surface area contributed by atoms with E-state index in [-0.39, 0.29) is 28.8 Å². The van der Waals surface area contributed by atoms with Crippen molar-refractivity contribution in [2.75, 3.05) is 21.3 Å². The van der Waals surface area contributed by atoms with Crippen molar-refractivity contribution in [2.24, 2.45) is 7.05 Å². The standard InChI is InChI=1S/C22H19FN8O3/c1-31-12-15(10-25-31)26-21-24-11-18(29-20(32)13-5-3-2-4-6-13)19(30-21)28-17-9-14(27-22(33)34)7-8-16(17)23/h2-12,27H,1H3,(H,29,32)(H,33,34)(H2,24,26,28,30). The molecule has 0 spiro atoms. The number of hydrogen-bond donors (Lipinski definition) is 5. The zero-order chi connectivity index (χ0) is 24.1.